The lowest BCUT2D eigenvalue weighted by atomic mass is 9.94. The topological polar surface area (TPSA) is 3.24 Å². The van der Waals surface area contributed by atoms with Crippen LogP contribution in [0.25, 0.3) is 0 Å². The van der Waals surface area contributed by atoms with Crippen molar-refractivity contribution in [2.75, 3.05) is 14.1 Å². The molecule has 0 atom stereocenters. The second-order valence-electron chi connectivity index (χ2n) is 2.43. The molecule has 1 heteroatoms. The van der Waals surface area contributed by atoms with Gasteiger partial charge >= 0.3 is 0 Å². The maximum absolute atomic E-state index is 3.83. The van der Waals surface area contributed by atoms with Crippen molar-refractivity contribution >= 4 is 0 Å². The lowest BCUT2D eigenvalue weighted by Gasteiger charge is -2.27. The number of likely N-dealkylation sites (N-methyl/N-ethyl adjacent to an activating group) is 1. The Morgan fingerprint density at radius 1 is 1.33 bits per heavy atom. The van der Waals surface area contributed by atoms with Gasteiger partial charge in [0.05, 0.1) is 0 Å². The first kappa shape index (κ1) is 6.14. The van der Waals surface area contributed by atoms with Crippen LogP contribution in [0.4, 0.5) is 0 Å². The molecule has 0 aromatic heterocycles. The quantitative estimate of drug-likeness (QED) is 0.509. The van der Waals surface area contributed by atoms with E-state index in [9.17, 15) is 0 Å². The van der Waals surface area contributed by atoms with Crippen LogP contribution in [0, 0.1) is 0 Å². The van der Waals surface area contributed by atoms with Gasteiger partial charge in [-0.15, -0.1) is 0 Å². The van der Waals surface area contributed by atoms with Crippen molar-refractivity contribution in [2.45, 2.75) is 0 Å². The molecule has 0 amide bonds. The number of hydrogen-bond acceptors (Lipinski definition) is 1. The van der Waals surface area contributed by atoms with Crippen LogP contribution in [-0.4, -0.2) is 19.0 Å². The van der Waals surface area contributed by atoms with Gasteiger partial charge in [-0.25, -0.2) is 0 Å². The van der Waals surface area contributed by atoms with E-state index in [0.29, 0.717) is 0 Å². The van der Waals surface area contributed by atoms with Gasteiger partial charge in [-0.1, -0.05) is 13.2 Å². The average molecular weight is 121 g/mol. The van der Waals surface area contributed by atoms with Crippen molar-refractivity contribution in [1.82, 2.24) is 4.90 Å². The fourth-order valence-corrected chi connectivity index (χ4v) is 0.825. The first-order valence-corrected chi connectivity index (χ1v) is 2.90. The highest BCUT2D eigenvalue weighted by Crippen LogP contribution is 2.29. The predicted octanol–water partition coefficient (Wildman–Crippen LogP) is 1.56. The molecule has 48 valence electrons. The van der Waals surface area contributed by atoms with Crippen LogP contribution in [0.15, 0.2) is 36.1 Å². The van der Waals surface area contributed by atoms with Gasteiger partial charge in [0.25, 0.3) is 0 Å². The maximum atomic E-state index is 3.83. The van der Waals surface area contributed by atoms with E-state index in [2.05, 4.69) is 13.2 Å². The lowest BCUT2D eigenvalue weighted by molar-refractivity contribution is 0.515. The third kappa shape index (κ3) is 0.784. The minimum absolute atomic E-state index is 1.05. The van der Waals surface area contributed by atoms with Gasteiger partial charge in [-0.2, -0.15) is 0 Å². The zero-order chi connectivity index (χ0) is 7.02. The van der Waals surface area contributed by atoms with E-state index in [1.165, 1.54) is 5.70 Å². The fourth-order valence-electron chi connectivity index (χ4n) is 0.825. The summed E-state index contributed by atoms with van der Waals surface area (Å²) in [6.45, 7) is 7.61. The molecule has 0 radical (unpaired) electrons. The predicted molar refractivity (Wildman–Crippen MR) is 40.1 cm³/mol. The summed E-state index contributed by atoms with van der Waals surface area (Å²) in [5.41, 5.74) is 3.32. The molecule has 0 aromatic carbocycles. The molecule has 0 aliphatic heterocycles. The Balaban J connectivity index is 2.79. The molecule has 0 saturated heterocycles. The van der Waals surface area contributed by atoms with Gasteiger partial charge in [0.2, 0.25) is 0 Å². The molecule has 0 spiro atoms. The zero-order valence-corrected chi connectivity index (χ0v) is 5.94. The summed E-state index contributed by atoms with van der Waals surface area (Å²) >= 11 is 0. The SMILES string of the molecule is C=C1C=C(N(C)C)C1=C. The molecular weight excluding hydrogens is 110 g/mol. The van der Waals surface area contributed by atoms with Crippen LogP contribution in [-0.2, 0) is 0 Å². The van der Waals surface area contributed by atoms with Gasteiger partial charge in [0, 0.05) is 19.8 Å². The van der Waals surface area contributed by atoms with Gasteiger partial charge in [-0.3, -0.25) is 0 Å². The van der Waals surface area contributed by atoms with Gasteiger partial charge in [-0.05, 0) is 17.2 Å². The number of hydrogen-bond donors (Lipinski definition) is 0. The van der Waals surface area contributed by atoms with E-state index in [0.717, 1.165) is 11.1 Å². The summed E-state index contributed by atoms with van der Waals surface area (Å²) < 4.78 is 0. The summed E-state index contributed by atoms with van der Waals surface area (Å²) in [7, 11) is 4.01. The molecule has 0 saturated carbocycles. The van der Waals surface area contributed by atoms with E-state index in [1.807, 2.05) is 25.1 Å². The standard InChI is InChI=1S/C8H11N/c1-6-5-8(7(6)2)9(3)4/h5H,1-2H2,3-4H3. The summed E-state index contributed by atoms with van der Waals surface area (Å²) in [4.78, 5) is 2.04. The summed E-state index contributed by atoms with van der Waals surface area (Å²) in [6, 6.07) is 0. The third-order valence-corrected chi connectivity index (χ3v) is 1.49. The number of allylic oxidation sites excluding steroid dienone is 2. The Morgan fingerprint density at radius 2 is 1.89 bits per heavy atom. The van der Waals surface area contributed by atoms with E-state index in [4.69, 9.17) is 0 Å². The molecule has 0 aromatic rings. The Labute approximate surface area is 56.0 Å². The molecule has 0 fully saturated rings. The number of nitrogens with zero attached hydrogens (tertiary/aromatic N) is 1. The second kappa shape index (κ2) is 1.76. The molecule has 1 aliphatic rings. The Bertz CT molecular complexity index is 197. The normalized spacial score (nSPS) is 16.9. The van der Waals surface area contributed by atoms with Gasteiger partial charge in [0.1, 0.15) is 0 Å². The number of rotatable bonds is 1. The van der Waals surface area contributed by atoms with Crippen LogP contribution in [0.3, 0.4) is 0 Å². The van der Waals surface area contributed by atoms with Crippen LogP contribution < -0.4 is 0 Å². The largest absolute Gasteiger partial charge is 0.377 e. The molecule has 1 nitrogen and oxygen atoms in total. The first-order chi connectivity index (χ1) is 4.13. The van der Waals surface area contributed by atoms with Crippen molar-refractivity contribution in [3.8, 4) is 0 Å². The fraction of sp³-hybridized carbons (Fsp3) is 0.250. The van der Waals surface area contributed by atoms with E-state index in [1.54, 1.807) is 0 Å². The first-order valence-electron chi connectivity index (χ1n) is 2.90. The van der Waals surface area contributed by atoms with Crippen molar-refractivity contribution in [2.24, 2.45) is 0 Å². The monoisotopic (exact) mass is 121 g/mol. The van der Waals surface area contributed by atoms with E-state index >= 15 is 0 Å². The van der Waals surface area contributed by atoms with Gasteiger partial charge < -0.3 is 4.90 Å². The van der Waals surface area contributed by atoms with Crippen molar-refractivity contribution in [3.63, 3.8) is 0 Å². The maximum Gasteiger partial charge on any atom is 0.0440 e. The Hall–Kier alpha value is -0.980. The Morgan fingerprint density at radius 3 is 2.00 bits per heavy atom. The molecule has 9 heavy (non-hydrogen) atoms. The molecule has 0 unspecified atom stereocenters. The second-order valence-corrected chi connectivity index (χ2v) is 2.43. The molecular formula is C8H11N. The lowest BCUT2D eigenvalue weighted by Crippen LogP contribution is -2.18. The highest BCUT2D eigenvalue weighted by molar-refractivity contribution is 5.59. The summed E-state index contributed by atoms with van der Waals surface area (Å²) in [6.07, 6.45) is 2.03. The zero-order valence-electron chi connectivity index (χ0n) is 5.94. The van der Waals surface area contributed by atoms with Crippen LogP contribution in [0.5, 0.6) is 0 Å². The summed E-state index contributed by atoms with van der Waals surface area (Å²) in [5.74, 6) is 0. The minimum atomic E-state index is 1.05. The highest BCUT2D eigenvalue weighted by atomic mass is 15.1. The molecule has 0 N–H and O–H groups in total. The minimum Gasteiger partial charge on any atom is -0.377 e. The van der Waals surface area contributed by atoms with Crippen LogP contribution >= 0.6 is 0 Å². The average Bonchev–Trinajstić information content (AvgIpc) is 1.81. The van der Waals surface area contributed by atoms with Crippen LogP contribution in [0.1, 0.15) is 0 Å². The molecule has 1 aliphatic carbocycles. The van der Waals surface area contributed by atoms with Crippen molar-refractivity contribution < 1.29 is 0 Å². The molecule has 0 bridgehead atoms. The Kier molecular flexibility index (Phi) is 1.20. The summed E-state index contributed by atoms with van der Waals surface area (Å²) in [5, 5.41) is 0. The van der Waals surface area contributed by atoms with E-state index < -0.39 is 0 Å². The molecule has 0 heterocycles. The third-order valence-electron chi connectivity index (χ3n) is 1.49. The smallest absolute Gasteiger partial charge is 0.0440 e. The highest BCUT2D eigenvalue weighted by Gasteiger charge is 2.15. The molecule has 1 rings (SSSR count). The van der Waals surface area contributed by atoms with Crippen molar-refractivity contribution in [3.05, 3.63) is 36.1 Å². The van der Waals surface area contributed by atoms with Crippen molar-refractivity contribution in [1.29, 1.82) is 0 Å². The van der Waals surface area contributed by atoms with Gasteiger partial charge in [0.15, 0.2) is 0 Å². The van der Waals surface area contributed by atoms with E-state index in [-0.39, 0.29) is 0 Å². The van der Waals surface area contributed by atoms with Crippen LogP contribution in [0.2, 0.25) is 0 Å².